The molecule has 1 N–H and O–H groups in total. The summed E-state index contributed by atoms with van der Waals surface area (Å²) in [5.41, 5.74) is 3.55. The van der Waals surface area contributed by atoms with E-state index in [1.54, 1.807) is 18.9 Å². The van der Waals surface area contributed by atoms with Crippen LogP contribution in [-0.2, 0) is 27.4 Å². The Kier molecular flexibility index (Phi) is 7.32. The molecule has 1 amide bonds. The molecule has 28 heavy (non-hydrogen) atoms. The highest BCUT2D eigenvalue weighted by Crippen LogP contribution is 2.36. The molecule has 1 fully saturated rings. The van der Waals surface area contributed by atoms with Gasteiger partial charge in [0.2, 0.25) is 5.91 Å². The summed E-state index contributed by atoms with van der Waals surface area (Å²) in [6.45, 7) is 11.0. The van der Waals surface area contributed by atoms with E-state index in [0.29, 0.717) is 13.1 Å². The van der Waals surface area contributed by atoms with E-state index in [1.165, 1.54) is 11.1 Å². The molecule has 2 aliphatic rings. The van der Waals surface area contributed by atoms with Crippen LogP contribution in [0.4, 0.5) is 0 Å². The molecular formula is C21H31ClN2O3S. The third-order valence-electron chi connectivity index (χ3n) is 4.97. The number of fused-ring (bicyclic) bond motifs is 1. The van der Waals surface area contributed by atoms with Crippen LogP contribution in [0, 0.1) is 0 Å². The number of hydrogen-bond donors (Lipinski definition) is 1. The van der Waals surface area contributed by atoms with Crippen LogP contribution in [0.3, 0.4) is 0 Å². The van der Waals surface area contributed by atoms with Gasteiger partial charge in [-0.1, -0.05) is 23.5 Å². The van der Waals surface area contributed by atoms with Crippen LogP contribution in [0.2, 0.25) is 5.02 Å². The van der Waals surface area contributed by atoms with Gasteiger partial charge in [-0.15, -0.1) is 0 Å². The Morgan fingerprint density at radius 2 is 2.04 bits per heavy atom. The van der Waals surface area contributed by atoms with Crippen molar-refractivity contribution in [1.29, 1.82) is 0 Å². The normalized spacial score (nSPS) is 19.0. The molecule has 2 heterocycles. The molecular weight excluding hydrogens is 396 g/mol. The summed E-state index contributed by atoms with van der Waals surface area (Å²) in [5.74, 6) is 0.0934. The van der Waals surface area contributed by atoms with Crippen LogP contribution in [0.5, 0.6) is 0 Å². The van der Waals surface area contributed by atoms with E-state index in [-0.39, 0.29) is 23.0 Å². The second kappa shape index (κ2) is 9.35. The van der Waals surface area contributed by atoms with Crippen LogP contribution in [0.25, 0.3) is 0 Å². The van der Waals surface area contributed by atoms with E-state index < -0.39 is 0 Å². The van der Waals surface area contributed by atoms with Crippen molar-refractivity contribution in [2.24, 2.45) is 0 Å². The SMILES string of the molecule is CC(=O)N1Cc2cc(Cl)cc([C@H](CCC3OCCCO3)NSC(C)(C)C)c2C1. The molecule has 5 nitrogen and oxygen atoms in total. The van der Waals surface area contributed by atoms with Gasteiger partial charge in [-0.05, 0) is 62.4 Å². The lowest BCUT2D eigenvalue weighted by molar-refractivity contribution is -0.182. The quantitative estimate of drug-likeness (QED) is 0.660. The first-order chi connectivity index (χ1) is 13.2. The molecule has 1 atom stereocenters. The van der Waals surface area contributed by atoms with Gasteiger partial charge < -0.3 is 14.4 Å². The minimum Gasteiger partial charge on any atom is -0.353 e. The molecule has 0 radical (unpaired) electrons. The van der Waals surface area contributed by atoms with Crippen molar-refractivity contribution in [2.45, 2.75) is 77.1 Å². The van der Waals surface area contributed by atoms with Crippen LogP contribution < -0.4 is 4.72 Å². The smallest absolute Gasteiger partial charge is 0.220 e. The second-order valence-electron chi connectivity index (χ2n) is 8.49. The topological polar surface area (TPSA) is 50.8 Å². The van der Waals surface area contributed by atoms with Crippen molar-refractivity contribution in [1.82, 2.24) is 9.62 Å². The average Bonchev–Trinajstić information content (AvgIpc) is 3.05. The molecule has 1 aromatic rings. The minimum absolute atomic E-state index is 0.0866. The number of ether oxygens (including phenoxy) is 2. The monoisotopic (exact) mass is 426 g/mol. The van der Waals surface area contributed by atoms with Crippen LogP contribution in [0.15, 0.2) is 12.1 Å². The van der Waals surface area contributed by atoms with Gasteiger partial charge in [0.15, 0.2) is 6.29 Å². The van der Waals surface area contributed by atoms with Gasteiger partial charge in [-0.25, -0.2) is 0 Å². The second-order valence-corrected chi connectivity index (χ2v) is 10.6. The summed E-state index contributed by atoms with van der Waals surface area (Å²) in [4.78, 5) is 13.8. The average molecular weight is 427 g/mol. The molecule has 156 valence electrons. The zero-order chi connectivity index (χ0) is 20.3. The Morgan fingerprint density at radius 3 is 2.68 bits per heavy atom. The van der Waals surface area contributed by atoms with E-state index in [4.69, 9.17) is 21.1 Å². The van der Waals surface area contributed by atoms with Crippen LogP contribution in [0.1, 0.15) is 69.7 Å². The standard InChI is InChI=1S/C21H31ClN2O3S/c1-14(25)24-12-15-10-16(22)11-17(18(15)13-24)19(23-28-21(2,3)4)6-7-20-26-8-5-9-27-20/h10-11,19-20,23H,5-9,12-13H2,1-4H3/t19-/m0/s1. The van der Waals surface area contributed by atoms with Gasteiger partial charge in [0.1, 0.15) is 0 Å². The highest BCUT2D eigenvalue weighted by molar-refractivity contribution is 7.98. The van der Waals surface area contributed by atoms with Crippen molar-refractivity contribution in [3.05, 3.63) is 33.8 Å². The van der Waals surface area contributed by atoms with Gasteiger partial charge in [-0.2, -0.15) is 0 Å². The number of rotatable bonds is 6. The van der Waals surface area contributed by atoms with Crippen LogP contribution in [-0.4, -0.2) is 35.1 Å². The predicted octanol–water partition coefficient (Wildman–Crippen LogP) is 4.82. The summed E-state index contributed by atoms with van der Waals surface area (Å²) in [6.07, 6.45) is 2.51. The Labute approximate surface area is 177 Å². The first kappa shape index (κ1) is 21.9. The number of nitrogens with zero attached hydrogens (tertiary/aromatic N) is 1. The largest absolute Gasteiger partial charge is 0.353 e. The number of amides is 1. The zero-order valence-corrected chi connectivity index (χ0v) is 18.8. The lowest BCUT2D eigenvalue weighted by Gasteiger charge is -2.29. The predicted molar refractivity (Wildman–Crippen MR) is 114 cm³/mol. The number of hydrogen-bond acceptors (Lipinski definition) is 5. The van der Waals surface area contributed by atoms with Crippen molar-refractivity contribution in [3.63, 3.8) is 0 Å². The van der Waals surface area contributed by atoms with Crippen molar-refractivity contribution in [2.75, 3.05) is 13.2 Å². The van der Waals surface area contributed by atoms with Crippen molar-refractivity contribution < 1.29 is 14.3 Å². The van der Waals surface area contributed by atoms with E-state index in [9.17, 15) is 4.79 Å². The van der Waals surface area contributed by atoms with Gasteiger partial charge in [0.25, 0.3) is 0 Å². The molecule has 0 unspecified atom stereocenters. The Balaban J connectivity index is 1.81. The number of nitrogens with one attached hydrogen (secondary N) is 1. The number of halogens is 1. The third-order valence-corrected chi connectivity index (χ3v) is 6.20. The van der Waals surface area contributed by atoms with Gasteiger partial charge in [0.05, 0.1) is 13.2 Å². The van der Waals surface area contributed by atoms with E-state index in [1.807, 2.05) is 17.0 Å². The molecule has 2 aliphatic heterocycles. The summed E-state index contributed by atoms with van der Waals surface area (Å²) in [6, 6.07) is 4.15. The fraction of sp³-hybridized carbons (Fsp3) is 0.667. The fourth-order valence-electron chi connectivity index (χ4n) is 3.57. The lowest BCUT2D eigenvalue weighted by atomic mass is 9.95. The maximum atomic E-state index is 11.9. The first-order valence-corrected chi connectivity index (χ1v) is 11.2. The number of benzene rings is 1. The molecule has 7 heteroatoms. The highest BCUT2D eigenvalue weighted by atomic mass is 35.5. The van der Waals surface area contributed by atoms with Crippen molar-refractivity contribution in [3.8, 4) is 0 Å². The number of carbonyl (C=O) groups is 1. The van der Waals surface area contributed by atoms with Crippen molar-refractivity contribution >= 4 is 29.5 Å². The molecule has 0 saturated carbocycles. The maximum absolute atomic E-state index is 11.9. The molecule has 3 rings (SSSR count). The summed E-state index contributed by atoms with van der Waals surface area (Å²) < 4.78 is 15.2. The summed E-state index contributed by atoms with van der Waals surface area (Å²) in [7, 11) is 0. The number of carbonyl (C=O) groups excluding carboxylic acids is 1. The zero-order valence-electron chi connectivity index (χ0n) is 17.2. The van der Waals surface area contributed by atoms with E-state index in [0.717, 1.165) is 43.1 Å². The molecule has 1 aromatic carbocycles. The third kappa shape index (κ3) is 5.86. The van der Waals surface area contributed by atoms with Gasteiger partial charge in [-0.3, -0.25) is 9.52 Å². The molecule has 0 aliphatic carbocycles. The summed E-state index contributed by atoms with van der Waals surface area (Å²) in [5, 5.41) is 0.719. The van der Waals surface area contributed by atoms with Gasteiger partial charge >= 0.3 is 0 Å². The Hall–Kier alpha value is -0.790. The lowest BCUT2D eigenvalue weighted by Crippen LogP contribution is -2.28. The first-order valence-electron chi connectivity index (χ1n) is 9.96. The van der Waals surface area contributed by atoms with E-state index >= 15 is 0 Å². The summed E-state index contributed by atoms with van der Waals surface area (Å²) >= 11 is 8.18. The van der Waals surface area contributed by atoms with E-state index in [2.05, 4.69) is 25.5 Å². The minimum atomic E-state index is -0.140. The maximum Gasteiger partial charge on any atom is 0.220 e. The highest BCUT2D eigenvalue weighted by Gasteiger charge is 2.29. The molecule has 0 aromatic heterocycles. The van der Waals surface area contributed by atoms with Gasteiger partial charge in [0, 0.05) is 42.2 Å². The molecule has 0 spiro atoms. The Morgan fingerprint density at radius 1 is 1.32 bits per heavy atom. The van der Waals surface area contributed by atoms with Crippen LogP contribution >= 0.6 is 23.5 Å². The fourth-order valence-corrected chi connectivity index (χ4v) is 4.56. The molecule has 0 bridgehead atoms. The Bertz CT molecular complexity index is 702. The molecule has 1 saturated heterocycles.